The molecule has 0 bridgehead atoms. The molecule has 56 valence electrons. The van der Waals surface area contributed by atoms with Gasteiger partial charge in [0.05, 0.1) is 11.7 Å². The molecule has 2 aromatic heterocycles. The molecule has 0 aliphatic carbocycles. The molecule has 2 rings (SSSR count). The zero-order chi connectivity index (χ0) is 7.68. The highest BCUT2D eigenvalue weighted by Gasteiger charge is 1.98. The average Bonchev–Trinajstić information content (AvgIpc) is 2.47. The Balaban J connectivity index is 2.76. The Morgan fingerprint density at radius 1 is 1.55 bits per heavy atom. The van der Waals surface area contributed by atoms with Crippen molar-refractivity contribution in [3.8, 4) is 0 Å². The van der Waals surface area contributed by atoms with E-state index in [1.165, 1.54) is 0 Å². The highest BCUT2D eigenvalue weighted by atomic mass is 15.2. The summed E-state index contributed by atoms with van der Waals surface area (Å²) in [4.78, 5) is 4.21. The molecular formula is C8H9N3. The normalized spacial score (nSPS) is 10.6. The maximum Gasteiger partial charge on any atom is 0.130 e. The number of aryl methyl sites for hydroxylation is 1. The van der Waals surface area contributed by atoms with Crippen LogP contribution in [0.2, 0.25) is 0 Å². The monoisotopic (exact) mass is 147 g/mol. The molecule has 0 N–H and O–H groups in total. The number of imidazole rings is 1. The maximum absolute atomic E-state index is 4.21. The van der Waals surface area contributed by atoms with Crippen LogP contribution < -0.4 is 0 Å². The van der Waals surface area contributed by atoms with Crippen molar-refractivity contribution in [3.63, 3.8) is 0 Å². The van der Waals surface area contributed by atoms with Crippen LogP contribution in [0.3, 0.4) is 0 Å². The SMILES string of the molecule is CCc1ncc2cccnn12. The lowest BCUT2D eigenvalue weighted by molar-refractivity contribution is 0.827. The van der Waals surface area contributed by atoms with Crippen molar-refractivity contribution in [2.24, 2.45) is 0 Å². The third-order valence-electron chi connectivity index (χ3n) is 1.69. The van der Waals surface area contributed by atoms with E-state index in [0.29, 0.717) is 0 Å². The number of nitrogens with zero attached hydrogens (tertiary/aromatic N) is 3. The van der Waals surface area contributed by atoms with Crippen molar-refractivity contribution >= 4 is 5.52 Å². The Hall–Kier alpha value is -1.38. The van der Waals surface area contributed by atoms with Crippen LogP contribution in [-0.2, 0) is 6.42 Å². The highest BCUT2D eigenvalue weighted by Crippen LogP contribution is 2.03. The second kappa shape index (κ2) is 2.34. The minimum Gasteiger partial charge on any atom is -0.239 e. The summed E-state index contributed by atoms with van der Waals surface area (Å²) in [5.41, 5.74) is 1.06. The molecule has 0 aromatic carbocycles. The Labute approximate surface area is 64.7 Å². The van der Waals surface area contributed by atoms with Gasteiger partial charge in [-0.15, -0.1) is 0 Å². The van der Waals surface area contributed by atoms with Crippen molar-refractivity contribution in [1.82, 2.24) is 14.6 Å². The summed E-state index contributed by atoms with van der Waals surface area (Å²) in [6.45, 7) is 2.07. The van der Waals surface area contributed by atoms with Crippen LogP contribution in [0.1, 0.15) is 12.7 Å². The summed E-state index contributed by atoms with van der Waals surface area (Å²) in [7, 11) is 0. The summed E-state index contributed by atoms with van der Waals surface area (Å²) in [6, 6.07) is 3.91. The first-order chi connectivity index (χ1) is 5.42. The lowest BCUT2D eigenvalue weighted by Crippen LogP contribution is -1.95. The molecule has 0 amide bonds. The van der Waals surface area contributed by atoms with Gasteiger partial charge in [0.25, 0.3) is 0 Å². The second-order valence-electron chi connectivity index (χ2n) is 2.39. The number of rotatable bonds is 1. The fourth-order valence-corrected chi connectivity index (χ4v) is 1.13. The predicted molar refractivity (Wildman–Crippen MR) is 42.4 cm³/mol. The molecule has 3 nitrogen and oxygen atoms in total. The number of fused-ring (bicyclic) bond motifs is 1. The minimum absolute atomic E-state index is 0.922. The smallest absolute Gasteiger partial charge is 0.130 e. The van der Waals surface area contributed by atoms with Crippen molar-refractivity contribution in [2.75, 3.05) is 0 Å². The van der Waals surface area contributed by atoms with E-state index in [1.54, 1.807) is 6.20 Å². The quantitative estimate of drug-likeness (QED) is 0.608. The molecule has 0 aliphatic heterocycles. The first-order valence-electron chi connectivity index (χ1n) is 3.69. The van der Waals surface area contributed by atoms with E-state index in [-0.39, 0.29) is 0 Å². The molecule has 0 aliphatic rings. The van der Waals surface area contributed by atoms with Crippen LogP contribution in [0, 0.1) is 0 Å². The molecule has 0 atom stereocenters. The predicted octanol–water partition coefficient (Wildman–Crippen LogP) is 1.29. The highest BCUT2D eigenvalue weighted by molar-refractivity contribution is 5.43. The molecule has 0 spiro atoms. The summed E-state index contributed by atoms with van der Waals surface area (Å²) in [6.07, 6.45) is 4.53. The largest absolute Gasteiger partial charge is 0.239 e. The molecule has 2 aromatic rings. The van der Waals surface area contributed by atoms with Crippen molar-refractivity contribution in [1.29, 1.82) is 0 Å². The van der Waals surface area contributed by atoms with Gasteiger partial charge < -0.3 is 0 Å². The fraction of sp³-hybridized carbons (Fsp3) is 0.250. The third kappa shape index (κ3) is 0.888. The molecule has 0 radical (unpaired) electrons. The van der Waals surface area contributed by atoms with Crippen molar-refractivity contribution in [2.45, 2.75) is 13.3 Å². The lowest BCUT2D eigenvalue weighted by Gasteiger charge is -1.93. The van der Waals surface area contributed by atoms with Crippen molar-refractivity contribution < 1.29 is 0 Å². The van der Waals surface area contributed by atoms with Crippen LogP contribution in [0.25, 0.3) is 5.52 Å². The molecule has 2 heterocycles. The number of hydrogen-bond donors (Lipinski definition) is 0. The first-order valence-corrected chi connectivity index (χ1v) is 3.69. The molecule has 0 saturated carbocycles. The van der Waals surface area contributed by atoms with Crippen LogP contribution in [0.5, 0.6) is 0 Å². The topological polar surface area (TPSA) is 30.2 Å². The van der Waals surface area contributed by atoms with E-state index < -0.39 is 0 Å². The van der Waals surface area contributed by atoms with Gasteiger partial charge in [-0.3, -0.25) is 0 Å². The number of hydrogen-bond acceptors (Lipinski definition) is 2. The van der Waals surface area contributed by atoms with Gasteiger partial charge in [-0.25, -0.2) is 9.50 Å². The summed E-state index contributed by atoms with van der Waals surface area (Å²) < 4.78 is 1.86. The second-order valence-corrected chi connectivity index (χ2v) is 2.39. The summed E-state index contributed by atoms with van der Waals surface area (Å²) >= 11 is 0. The van der Waals surface area contributed by atoms with E-state index in [2.05, 4.69) is 17.0 Å². The fourth-order valence-electron chi connectivity index (χ4n) is 1.13. The summed E-state index contributed by atoms with van der Waals surface area (Å²) in [5.74, 6) is 1.01. The van der Waals surface area contributed by atoms with Crippen LogP contribution in [0.4, 0.5) is 0 Å². The maximum atomic E-state index is 4.21. The molecule has 3 heteroatoms. The number of aromatic nitrogens is 3. The Morgan fingerprint density at radius 3 is 3.27 bits per heavy atom. The zero-order valence-corrected chi connectivity index (χ0v) is 6.36. The van der Waals surface area contributed by atoms with Crippen LogP contribution >= 0.6 is 0 Å². The van der Waals surface area contributed by atoms with E-state index in [9.17, 15) is 0 Å². The molecule has 0 saturated heterocycles. The van der Waals surface area contributed by atoms with Crippen LogP contribution in [-0.4, -0.2) is 14.6 Å². The minimum atomic E-state index is 0.922. The Morgan fingerprint density at radius 2 is 2.45 bits per heavy atom. The van der Waals surface area contributed by atoms with Gasteiger partial charge in [-0.05, 0) is 12.1 Å². The van der Waals surface area contributed by atoms with Gasteiger partial charge in [0.2, 0.25) is 0 Å². The van der Waals surface area contributed by atoms with Gasteiger partial charge in [0, 0.05) is 12.6 Å². The van der Waals surface area contributed by atoms with Gasteiger partial charge in [-0.2, -0.15) is 5.10 Å². The van der Waals surface area contributed by atoms with Gasteiger partial charge in [0.15, 0.2) is 0 Å². The van der Waals surface area contributed by atoms with E-state index in [1.807, 2.05) is 22.8 Å². The summed E-state index contributed by atoms with van der Waals surface area (Å²) in [5, 5.41) is 4.17. The zero-order valence-electron chi connectivity index (χ0n) is 6.36. The average molecular weight is 147 g/mol. The Bertz CT molecular complexity index is 364. The van der Waals surface area contributed by atoms with Gasteiger partial charge in [-0.1, -0.05) is 6.92 Å². The molecule has 0 unspecified atom stereocenters. The Kier molecular flexibility index (Phi) is 1.35. The lowest BCUT2D eigenvalue weighted by atomic mass is 10.4. The van der Waals surface area contributed by atoms with E-state index >= 15 is 0 Å². The third-order valence-corrected chi connectivity index (χ3v) is 1.69. The van der Waals surface area contributed by atoms with Crippen LogP contribution in [0.15, 0.2) is 24.5 Å². The van der Waals surface area contributed by atoms with E-state index in [0.717, 1.165) is 17.8 Å². The van der Waals surface area contributed by atoms with E-state index in [4.69, 9.17) is 0 Å². The molecular weight excluding hydrogens is 138 g/mol. The standard InChI is InChI=1S/C8H9N3/c1-2-8-9-6-7-4-3-5-10-11(7)8/h3-6H,2H2,1H3. The van der Waals surface area contributed by atoms with Crippen molar-refractivity contribution in [3.05, 3.63) is 30.4 Å². The molecule has 0 fully saturated rings. The van der Waals surface area contributed by atoms with Gasteiger partial charge >= 0.3 is 0 Å². The first kappa shape index (κ1) is 6.34. The van der Waals surface area contributed by atoms with Gasteiger partial charge in [0.1, 0.15) is 5.82 Å². The molecule has 11 heavy (non-hydrogen) atoms.